The van der Waals surface area contributed by atoms with Crippen LogP contribution in [0.1, 0.15) is 29.6 Å². The molecule has 27 heavy (non-hydrogen) atoms. The van der Waals surface area contributed by atoms with Gasteiger partial charge in [-0.25, -0.2) is 9.59 Å². The first-order chi connectivity index (χ1) is 13.0. The van der Waals surface area contributed by atoms with Crippen molar-refractivity contribution in [1.82, 2.24) is 15.5 Å². The zero-order valence-electron chi connectivity index (χ0n) is 15.5. The molecular weight excluding hydrogens is 352 g/mol. The maximum Gasteiger partial charge on any atom is 0.407 e. The van der Waals surface area contributed by atoms with Gasteiger partial charge in [0.1, 0.15) is 11.4 Å². The van der Waals surface area contributed by atoms with Crippen molar-refractivity contribution < 1.29 is 23.9 Å². The van der Waals surface area contributed by atoms with Gasteiger partial charge in [0.05, 0.1) is 19.2 Å². The number of nitrogens with one attached hydrogen (secondary N) is 3. The van der Waals surface area contributed by atoms with Crippen molar-refractivity contribution in [2.75, 3.05) is 39.1 Å². The third-order valence-electron chi connectivity index (χ3n) is 4.97. The number of methoxy groups -OCH3 is 1. The van der Waals surface area contributed by atoms with Crippen molar-refractivity contribution in [2.45, 2.75) is 24.9 Å². The van der Waals surface area contributed by atoms with E-state index in [2.05, 4.69) is 16.0 Å². The van der Waals surface area contributed by atoms with Crippen LogP contribution in [0.2, 0.25) is 0 Å². The van der Waals surface area contributed by atoms with E-state index < -0.39 is 11.7 Å². The van der Waals surface area contributed by atoms with E-state index in [1.54, 1.807) is 23.1 Å². The number of urea groups is 1. The highest BCUT2D eigenvalue weighted by Gasteiger charge is 2.41. The number of nitrogens with zero attached hydrogens (tertiary/aromatic N) is 1. The van der Waals surface area contributed by atoms with Gasteiger partial charge in [0.2, 0.25) is 0 Å². The minimum absolute atomic E-state index is 0.252. The molecule has 1 atom stereocenters. The van der Waals surface area contributed by atoms with Crippen LogP contribution in [0.25, 0.3) is 0 Å². The third-order valence-corrected chi connectivity index (χ3v) is 4.97. The highest BCUT2D eigenvalue weighted by molar-refractivity contribution is 5.99. The molecule has 146 valence electrons. The van der Waals surface area contributed by atoms with E-state index in [1.165, 1.54) is 14.2 Å². The second-order valence-electron chi connectivity index (χ2n) is 6.69. The summed E-state index contributed by atoms with van der Waals surface area (Å²) in [6.07, 6.45) is 1.66. The van der Waals surface area contributed by atoms with Crippen molar-refractivity contribution >= 4 is 23.7 Å². The quantitative estimate of drug-likeness (QED) is 0.742. The summed E-state index contributed by atoms with van der Waals surface area (Å²) >= 11 is 0. The Bertz CT molecular complexity index is 753. The maximum absolute atomic E-state index is 12.7. The largest absolute Gasteiger partial charge is 0.496 e. The molecule has 0 aromatic heterocycles. The van der Waals surface area contributed by atoms with Crippen LogP contribution in [0.15, 0.2) is 18.2 Å². The Hall–Kier alpha value is -2.97. The van der Waals surface area contributed by atoms with Gasteiger partial charge in [0.25, 0.3) is 5.91 Å². The third kappa shape index (κ3) is 4.07. The zero-order chi connectivity index (χ0) is 19.4. The smallest absolute Gasteiger partial charge is 0.407 e. The van der Waals surface area contributed by atoms with Crippen molar-refractivity contribution in [2.24, 2.45) is 0 Å². The van der Waals surface area contributed by atoms with Crippen LogP contribution >= 0.6 is 0 Å². The number of rotatable bonds is 3. The van der Waals surface area contributed by atoms with Crippen LogP contribution in [-0.2, 0) is 4.74 Å². The average molecular weight is 376 g/mol. The molecule has 1 aromatic carbocycles. The fourth-order valence-corrected chi connectivity index (χ4v) is 3.45. The minimum Gasteiger partial charge on any atom is -0.496 e. The molecule has 2 aliphatic rings. The van der Waals surface area contributed by atoms with Crippen LogP contribution in [0.5, 0.6) is 5.75 Å². The molecular formula is C18H24N4O5. The van der Waals surface area contributed by atoms with E-state index in [9.17, 15) is 14.4 Å². The van der Waals surface area contributed by atoms with Gasteiger partial charge in [-0.2, -0.15) is 0 Å². The van der Waals surface area contributed by atoms with E-state index in [0.29, 0.717) is 43.1 Å². The lowest BCUT2D eigenvalue weighted by atomic mass is 9.95. The van der Waals surface area contributed by atoms with Crippen LogP contribution < -0.4 is 20.7 Å². The summed E-state index contributed by atoms with van der Waals surface area (Å²) < 4.78 is 10.6. The topological polar surface area (TPSA) is 109 Å². The van der Waals surface area contributed by atoms with Crippen LogP contribution in [-0.4, -0.2) is 62.3 Å². The first-order valence-corrected chi connectivity index (χ1v) is 8.89. The van der Waals surface area contributed by atoms with Crippen molar-refractivity contribution in [3.05, 3.63) is 23.8 Å². The molecule has 0 bridgehead atoms. The number of benzene rings is 1. The molecule has 9 nitrogen and oxygen atoms in total. The summed E-state index contributed by atoms with van der Waals surface area (Å²) in [6, 6.07) is 4.65. The maximum atomic E-state index is 12.7. The normalized spacial score (nSPS) is 21.9. The molecule has 2 saturated heterocycles. The summed E-state index contributed by atoms with van der Waals surface area (Å²) in [5.74, 6) is 0.134. The number of alkyl carbamates (subject to hydrolysis) is 1. The summed E-state index contributed by atoms with van der Waals surface area (Å²) in [5, 5.41) is 8.07. The van der Waals surface area contributed by atoms with Gasteiger partial charge in [-0.05, 0) is 31.0 Å². The van der Waals surface area contributed by atoms with Crippen LogP contribution in [0, 0.1) is 0 Å². The minimum atomic E-state index is -0.515. The number of carbonyl (C=O) groups excluding carboxylic acids is 3. The predicted octanol–water partition coefficient (Wildman–Crippen LogP) is 1.55. The Morgan fingerprint density at radius 2 is 2.11 bits per heavy atom. The second kappa shape index (κ2) is 7.73. The SMILES string of the molecule is CNC(=O)c1cc(NC(=O)N2CCC[C@@]3(CC2)CNC(=O)O3)ccc1OC. The predicted molar refractivity (Wildman–Crippen MR) is 98.0 cm³/mol. The summed E-state index contributed by atoms with van der Waals surface area (Å²) in [6.45, 7) is 1.54. The number of hydrogen-bond acceptors (Lipinski definition) is 5. The van der Waals surface area contributed by atoms with E-state index in [-0.39, 0.29) is 11.9 Å². The standard InChI is InChI=1S/C18H24N4O5/c1-19-15(23)13-10-12(4-5-14(13)26-2)21-16(24)22-8-3-6-18(7-9-22)11-20-17(25)27-18/h4-5,10H,3,6-9,11H2,1-2H3,(H,19,23)(H,20,25)(H,21,24)/t18-/m1/s1. The van der Waals surface area contributed by atoms with E-state index in [4.69, 9.17) is 9.47 Å². The zero-order valence-corrected chi connectivity index (χ0v) is 15.5. The fourth-order valence-electron chi connectivity index (χ4n) is 3.45. The van der Waals surface area contributed by atoms with Gasteiger partial charge in [-0.3, -0.25) is 4.79 Å². The first-order valence-electron chi connectivity index (χ1n) is 8.89. The highest BCUT2D eigenvalue weighted by atomic mass is 16.6. The molecule has 4 amide bonds. The van der Waals surface area contributed by atoms with Crippen molar-refractivity contribution in [3.63, 3.8) is 0 Å². The molecule has 0 aliphatic carbocycles. The van der Waals surface area contributed by atoms with Gasteiger partial charge < -0.3 is 30.3 Å². The molecule has 2 aliphatic heterocycles. The summed E-state index contributed by atoms with van der Waals surface area (Å²) in [7, 11) is 3.02. The first kappa shape index (κ1) is 18.8. The monoisotopic (exact) mass is 376 g/mol. The molecule has 0 unspecified atom stereocenters. The number of ether oxygens (including phenoxy) is 2. The summed E-state index contributed by atoms with van der Waals surface area (Å²) in [4.78, 5) is 37.7. The lowest BCUT2D eigenvalue weighted by molar-refractivity contribution is 0.0454. The number of anilines is 1. The fraction of sp³-hybridized carbons (Fsp3) is 0.500. The van der Waals surface area contributed by atoms with Gasteiger partial charge >= 0.3 is 12.1 Å². The second-order valence-corrected chi connectivity index (χ2v) is 6.69. The Kier molecular flexibility index (Phi) is 5.38. The molecule has 0 radical (unpaired) electrons. The number of carbonyl (C=O) groups is 3. The van der Waals surface area contributed by atoms with Crippen LogP contribution in [0.4, 0.5) is 15.3 Å². The molecule has 1 spiro atoms. The number of hydrogen-bond donors (Lipinski definition) is 3. The lowest BCUT2D eigenvalue weighted by Crippen LogP contribution is -2.38. The molecule has 2 fully saturated rings. The van der Waals surface area contributed by atoms with Crippen molar-refractivity contribution in [3.8, 4) is 5.75 Å². The van der Waals surface area contributed by atoms with Gasteiger partial charge in [-0.15, -0.1) is 0 Å². The lowest BCUT2D eigenvalue weighted by Gasteiger charge is -2.25. The Labute approximate surface area is 157 Å². The molecule has 1 aromatic rings. The molecule has 3 N–H and O–H groups in total. The Morgan fingerprint density at radius 1 is 1.30 bits per heavy atom. The van der Waals surface area contributed by atoms with Gasteiger partial charge in [0, 0.05) is 32.2 Å². The molecule has 0 saturated carbocycles. The van der Waals surface area contributed by atoms with Gasteiger partial charge in [0.15, 0.2) is 0 Å². The Balaban J connectivity index is 1.67. The Morgan fingerprint density at radius 3 is 2.78 bits per heavy atom. The molecule has 3 rings (SSSR count). The number of likely N-dealkylation sites (tertiary alicyclic amines) is 1. The summed E-state index contributed by atoms with van der Waals surface area (Å²) in [5.41, 5.74) is 0.336. The van der Waals surface area contributed by atoms with Crippen molar-refractivity contribution in [1.29, 1.82) is 0 Å². The van der Waals surface area contributed by atoms with E-state index in [0.717, 1.165) is 12.8 Å². The van der Waals surface area contributed by atoms with E-state index >= 15 is 0 Å². The highest BCUT2D eigenvalue weighted by Crippen LogP contribution is 2.29. The van der Waals surface area contributed by atoms with Crippen LogP contribution in [0.3, 0.4) is 0 Å². The molecule has 2 heterocycles. The average Bonchev–Trinajstić information content (AvgIpc) is 2.91. The number of amides is 4. The molecule has 9 heteroatoms. The van der Waals surface area contributed by atoms with Gasteiger partial charge in [-0.1, -0.05) is 0 Å². The van der Waals surface area contributed by atoms with E-state index in [1.807, 2.05) is 0 Å².